The van der Waals surface area contributed by atoms with E-state index >= 15 is 0 Å². The average Bonchev–Trinajstić information content (AvgIpc) is 2.42. The Hall–Kier alpha value is -1.62. The van der Waals surface area contributed by atoms with Crippen LogP contribution in [0.1, 0.15) is 24.2 Å². The molecule has 0 bridgehead atoms. The van der Waals surface area contributed by atoms with Crippen LogP contribution in [0.15, 0.2) is 40.9 Å². The number of esters is 1. The van der Waals surface area contributed by atoms with Crippen LogP contribution < -0.4 is 0 Å². The van der Waals surface area contributed by atoms with E-state index in [9.17, 15) is 9.59 Å². The largest absolute Gasteiger partial charge is 0.452 e. The highest BCUT2D eigenvalue weighted by atomic mass is 79.9. The van der Waals surface area contributed by atoms with Crippen molar-refractivity contribution in [2.24, 2.45) is 0 Å². The van der Waals surface area contributed by atoms with Gasteiger partial charge in [-0.15, -0.1) is 0 Å². The zero-order chi connectivity index (χ0) is 15.1. The minimum Gasteiger partial charge on any atom is -0.452 e. The molecule has 0 unspecified atom stereocenters. The number of likely N-dealkylation sites (N-methyl/N-ethyl adjacent to an activating group) is 1. The molecule has 0 spiro atoms. The standard InChI is InChI=1S/C15H18BrNO3/c1-4-17(9-11(2)3)14(18)10-20-15(19)12-5-7-13(16)8-6-12/h5-8H,2,4,9-10H2,1,3H3. The fourth-order valence-corrected chi connectivity index (χ4v) is 1.85. The molecule has 0 aliphatic rings. The van der Waals surface area contributed by atoms with Crippen LogP contribution in [0, 0.1) is 0 Å². The van der Waals surface area contributed by atoms with Crippen molar-refractivity contribution in [1.82, 2.24) is 4.90 Å². The van der Waals surface area contributed by atoms with E-state index in [1.807, 2.05) is 13.8 Å². The first-order chi connectivity index (χ1) is 9.43. The molecule has 0 heterocycles. The minimum absolute atomic E-state index is 0.221. The number of amides is 1. The summed E-state index contributed by atoms with van der Waals surface area (Å²) in [5.41, 5.74) is 1.31. The lowest BCUT2D eigenvalue weighted by Gasteiger charge is -2.20. The molecule has 0 fully saturated rings. The van der Waals surface area contributed by atoms with Gasteiger partial charge in [-0.05, 0) is 38.1 Å². The van der Waals surface area contributed by atoms with E-state index in [-0.39, 0.29) is 12.5 Å². The molecule has 1 amide bonds. The van der Waals surface area contributed by atoms with Gasteiger partial charge < -0.3 is 9.64 Å². The maximum absolute atomic E-state index is 11.9. The average molecular weight is 340 g/mol. The second-order valence-electron chi connectivity index (χ2n) is 4.45. The van der Waals surface area contributed by atoms with Gasteiger partial charge >= 0.3 is 5.97 Å². The van der Waals surface area contributed by atoms with Crippen LogP contribution >= 0.6 is 15.9 Å². The smallest absolute Gasteiger partial charge is 0.338 e. The van der Waals surface area contributed by atoms with Gasteiger partial charge in [0.05, 0.1) is 5.56 Å². The maximum Gasteiger partial charge on any atom is 0.338 e. The normalized spacial score (nSPS) is 9.95. The number of ether oxygens (including phenoxy) is 1. The molecule has 0 radical (unpaired) electrons. The maximum atomic E-state index is 11.9. The van der Waals surface area contributed by atoms with E-state index in [0.717, 1.165) is 10.0 Å². The topological polar surface area (TPSA) is 46.6 Å². The number of benzene rings is 1. The molecule has 0 N–H and O–H groups in total. The Bertz CT molecular complexity index is 496. The summed E-state index contributed by atoms with van der Waals surface area (Å²) in [7, 11) is 0. The minimum atomic E-state index is -0.503. The molecule has 0 saturated carbocycles. The van der Waals surface area contributed by atoms with Crippen LogP contribution in [0.5, 0.6) is 0 Å². The third-order valence-corrected chi connectivity index (χ3v) is 3.13. The molecular weight excluding hydrogens is 322 g/mol. The van der Waals surface area contributed by atoms with E-state index in [4.69, 9.17) is 4.74 Å². The third-order valence-electron chi connectivity index (χ3n) is 2.60. The second-order valence-corrected chi connectivity index (χ2v) is 5.36. The number of hydrogen-bond acceptors (Lipinski definition) is 3. The summed E-state index contributed by atoms with van der Waals surface area (Å²) in [4.78, 5) is 25.3. The summed E-state index contributed by atoms with van der Waals surface area (Å²) < 4.78 is 5.90. The fourth-order valence-electron chi connectivity index (χ4n) is 1.59. The molecule has 0 aromatic heterocycles. The number of halogens is 1. The highest BCUT2D eigenvalue weighted by molar-refractivity contribution is 9.10. The molecule has 108 valence electrons. The molecular formula is C15H18BrNO3. The quantitative estimate of drug-likeness (QED) is 0.591. The molecule has 0 aliphatic carbocycles. The number of hydrogen-bond donors (Lipinski definition) is 0. The van der Waals surface area contributed by atoms with Crippen molar-refractivity contribution >= 4 is 27.8 Å². The molecule has 0 saturated heterocycles. The Balaban J connectivity index is 2.53. The van der Waals surface area contributed by atoms with Crippen molar-refractivity contribution in [1.29, 1.82) is 0 Å². The first-order valence-corrected chi connectivity index (χ1v) is 7.08. The van der Waals surface area contributed by atoms with Gasteiger partial charge in [-0.3, -0.25) is 4.79 Å². The van der Waals surface area contributed by atoms with Gasteiger partial charge in [0.15, 0.2) is 6.61 Å². The summed E-state index contributed by atoms with van der Waals surface area (Å²) in [6.07, 6.45) is 0. The number of carbonyl (C=O) groups excluding carboxylic acids is 2. The Morgan fingerprint density at radius 1 is 1.30 bits per heavy atom. The zero-order valence-corrected chi connectivity index (χ0v) is 13.3. The lowest BCUT2D eigenvalue weighted by Crippen LogP contribution is -2.35. The van der Waals surface area contributed by atoms with Gasteiger partial charge in [-0.25, -0.2) is 4.79 Å². The summed E-state index contributed by atoms with van der Waals surface area (Å²) in [5, 5.41) is 0. The van der Waals surface area contributed by atoms with Crippen LogP contribution in [0.2, 0.25) is 0 Å². The van der Waals surface area contributed by atoms with Crippen molar-refractivity contribution in [3.8, 4) is 0 Å². The third kappa shape index (κ3) is 5.17. The summed E-state index contributed by atoms with van der Waals surface area (Å²) >= 11 is 3.29. The van der Waals surface area contributed by atoms with Gasteiger partial charge in [0.2, 0.25) is 0 Å². The predicted molar refractivity (Wildman–Crippen MR) is 81.5 cm³/mol. The molecule has 1 rings (SSSR count). The highest BCUT2D eigenvalue weighted by Crippen LogP contribution is 2.11. The molecule has 5 heteroatoms. The van der Waals surface area contributed by atoms with Crippen molar-refractivity contribution < 1.29 is 14.3 Å². The first-order valence-electron chi connectivity index (χ1n) is 6.29. The van der Waals surface area contributed by atoms with Gasteiger partial charge in [0.25, 0.3) is 5.91 Å². The van der Waals surface area contributed by atoms with E-state index in [1.54, 1.807) is 29.2 Å². The van der Waals surface area contributed by atoms with Crippen molar-refractivity contribution in [3.63, 3.8) is 0 Å². The Kier molecular flexibility index (Phi) is 6.45. The van der Waals surface area contributed by atoms with E-state index in [1.165, 1.54) is 0 Å². The van der Waals surface area contributed by atoms with E-state index in [0.29, 0.717) is 18.7 Å². The summed E-state index contributed by atoms with van der Waals surface area (Å²) in [6.45, 7) is 8.27. The lowest BCUT2D eigenvalue weighted by atomic mass is 10.2. The van der Waals surface area contributed by atoms with Gasteiger partial charge in [-0.2, -0.15) is 0 Å². The van der Waals surface area contributed by atoms with Crippen LogP contribution in [-0.4, -0.2) is 36.5 Å². The predicted octanol–water partition coefficient (Wildman–Crippen LogP) is 3.03. The lowest BCUT2D eigenvalue weighted by molar-refractivity contribution is -0.133. The van der Waals surface area contributed by atoms with Crippen molar-refractivity contribution in [3.05, 3.63) is 46.5 Å². The Morgan fingerprint density at radius 2 is 1.90 bits per heavy atom. The fraction of sp³-hybridized carbons (Fsp3) is 0.333. The van der Waals surface area contributed by atoms with Crippen LogP contribution in [0.25, 0.3) is 0 Å². The summed E-state index contributed by atoms with van der Waals surface area (Å²) in [5.74, 6) is -0.724. The molecule has 1 aromatic carbocycles. The van der Waals surface area contributed by atoms with Gasteiger partial charge in [0.1, 0.15) is 0 Å². The van der Waals surface area contributed by atoms with E-state index < -0.39 is 5.97 Å². The Labute approximate surface area is 127 Å². The monoisotopic (exact) mass is 339 g/mol. The van der Waals surface area contributed by atoms with Gasteiger partial charge in [-0.1, -0.05) is 28.1 Å². The molecule has 0 atom stereocenters. The van der Waals surface area contributed by atoms with Crippen molar-refractivity contribution in [2.75, 3.05) is 19.7 Å². The van der Waals surface area contributed by atoms with Crippen molar-refractivity contribution in [2.45, 2.75) is 13.8 Å². The van der Waals surface area contributed by atoms with E-state index in [2.05, 4.69) is 22.5 Å². The first kappa shape index (κ1) is 16.4. The number of rotatable bonds is 6. The number of carbonyl (C=O) groups is 2. The van der Waals surface area contributed by atoms with Crippen LogP contribution in [0.4, 0.5) is 0 Å². The molecule has 0 aliphatic heterocycles. The molecule has 4 nitrogen and oxygen atoms in total. The SMILES string of the molecule is C=C(C)CN(CC)C(=O)COC(=O)c1ccc(Br)cc1. The number of nitrogens with zero attached hydrogens (tertiary/aromatic N) is 1. The van der Waals surface area contributed by atoms with Crippen LogP contribution in [0.3, 0.4) is 0 Å². The zero-order valence-electron chi connectivity index (χ0n) is 11.7. The summed E-state index contributed by atoms with van der Waals surface area (Å²) in [6, 6.07) is 6.78. The Morgan fingerprint density at radius 3 is 2.40 bits per heavy atom. The molecule has 20 heavy (non-hydrogen) atoms. The highest BCUT2D eigenvalue weighted by Gasteiger charge is 2.15. The van der Waals surface area contributed by atoms with Gasteiger partial charge in [0, 0.05) is 17.6 Å². The second kappa shape index (κ2) is 7.85. The molecule has 1 aromatic rings. The van der Waals surface area contributed by atoms with Crippen LogP contribution in [-0.2, 0) is 9.53 Å².